The topological polar surface area (TPSA) is 58.8 Å². The molecule has 1 aromatic heterocycles. The summed E-state index contributed by atoms with van der Waals surface area (Å²) in [5.74, 6) is 0.183. The van der Waals surface area contributed by atoms with Crippen LogP contribution in [0.4, 0.5) is 5.69 Å². The van der Waals surface area contributed by atoms with E-state index in [4.69, 9.17) is 0 Å². The molecule has 6 heteroatoms. The maximum atomic E-state index is 12.3. The van der Waals surface area contributed by atoms with Crippen molar-refractivity contribution in [2.24, 2.45) is 17.3 Å². The summed E-state index contributed by atoms with van der Waals surface area (Å²) in [6, 6.07) is 14.1. The first-order chi connectivity index (χ1) is 12.0. The van der Waals surface area contributed by atoms with Gasteiger partial charge >= 0.3 is 0 Å². The van der Waals surface area contributed by atoms with Gasteiger partial charge in [0.25, 0.3) is 5.91 Å². The molecule has 0 radical (unpaired) electrons. The number of fused-ring (bicyclic) bond motifs is 2. The molecule has 2 heterocycles. The van der Waals surface area contributed by atoms with Gasteiger partial charge in [0.15, 0.2) is 5.71 Å². The van der Waals surface area contributed by atoms with Crippen molar-refractivity contribution in [3.63, 3.8) is 0 Å². The summed E-state index contributed by atoms with van der Waals surface area (Å²) in [5.41, 5.74) is 4.27. The van der Waals surface area contributed by atoms with E-state index in [0.717, 1.165) is 26.3 Å². The Morgan fingerprint density at radius 2 is 1.92 bits per heavy atom. The second kappa shape index (κ2) is 5.97. The van der Waals surface area contributed by atoms with Crippen molar-refractivity contribution in [3.8, 4) is 0 Å². The Morgan fingerprint density at radius 3 is 2.68 bits per heavy atom. The molecule has 3 aromatic rings. The van der Waals surface area contributed by atoms with Gasteiger partial charge in [-0.1, -0.05) is 43.4 Å². The highest BCUT2D eigenvalue weighted by Gasteiger charge is 2.26. The zero-order valence-electron chi connectivity index (χ0n) is 14.3. The first-order valence-electron chi connectivity index (χ1n) is 8.16. The number of thiazole rings is 1. The van der Waals surface area contributed by atoms with Crippen molar-refractivity contribution in [3.05, 3.63) is 58.4 Å². The summed E-state index contributed by atoms with van der Waals surface area (Å²) in [5, 5.41) is 11.5. The van der Waals surface area contributed by atoms with Crippen LogP contribution in [0.5, 0.6) is 0 Å². The molecule has 1 aliphatic heterocycles. The SMILES string of the molecule is CC(C)c1ccc2c(c1)/C(=N/N=c1/sc3ccccc3n1C)C(=O)N2. The third-order valence-corrected chi connectivity index (χ3v) is 5.48. The van der Waals surface area contributed by atoms with Gasteiger partial charge in [-0.05, 0) is 35.7 Å². The van der Waals surface area contributed by atoms with Gasteiger partial charge in [0.05, 0.1) is 15.9 Å². The lowest BCUT2D eigenvalue weighted by atomic mass is 9.99. The summed E-state index contributed by atoms with van der Waals surface area (Å²) >= 11 is 1.56. The van der Waals surface area contributed by atoms with Crippen LogP contribution in [0.25, 0.3) is 10.2 Å². The fourth-order valence-corrected chi connectivity index (χ4v) is 3.87. The zero-order valence-corrected chi connectivity index (χ0v) is 15.1. The van der Waals surface area contributed by atoms with E-state index in [1.807, 2.05) is 48.0 Å². The number of carbonyl (C=O) groups excluding carboxylic acids is 1. The van der Waals surface area contributed by atoms with Crippen LogP contribution in [0.3, 0.4) is 0 Å². The molecular weight excluding hydrogens is 332 g/mol. The number of rotatable bonds is 2. The van der Waals surface area contributed by atoms with E-state index in [2.05, 4.69) is 35.4 Å². The van der Waals surface area contributed by atoms with Crippen molar-refractivity contribution in [1.29, 1.82) is 0 Å². The Labute approximate surface area is 149 Å². The molecule has 0 aliphatic carbocycles. The third kappa shape index (κ3) is 2.68. The predicted octanol–water partition coefficient (Wildman–Crippen LogP) is 3.62. The quantitative estimate of drug-likeness (QED) is 0.705. The highest BCUT2D eigenvalue weighted by Crippen LogP contribution is 2.27. The normalized spacial score (nSPS) is 16.1. The van der Waals surface area contributed by atoms with Crippen LogP contribution in [-0.4, -0.2) is 16.2 Å². The predicted molar refractivity (Wildman–Crippen MR) is 102 cm³/mol. The van der Waals surface area contributed by atoms with Gasteiger partial charge in [0.2, 0.25) is 4.80 Å². The smallest absolute Gasteiger partial charge is 0.276 e. The van der Waals surface area contributed by atoms with Crippen molar-refractivity contribution in [2.45, 2.75) is 19.8 Å². The Hall–Kier alpha value is -2.73. The second-order valence-corrected chi connectivity index (χ2v) is 7.38. The Morgan fingerprint density at radius 1 is 1.12 bits per heavy atom. The van der Waals surface area contributed by atoms with Crippen LogP contribution < -0.4 is 10.1 Å². The molecule has 0 saturated carbocycles. The Balaban J connectivity index is 1.83. The average molecular weight is 350 g/mol. The van der Waals surface area contributed by atoms with Gasteiger partial charge < -0.3 is 9.88 Å². The van der Waals surface area contributed by atoms with Crippen LogP contribution in [0.1, 0.15) is 30.9 Å². The summed E-state index contributed by atoms with van der Waals surface area (Å²) in [4.78, 5) is 13.0. The minimum atomic E-state index is -0.205. The summed E-state index contributed by atoms with van der Waals surface area (Å²) in [6.07, 6.45) is 0. The number of aromatic nitrogens is 1. The van der Waals surface area contributed by atoms with E-state index in [0.29, 0.717) is 11.6 Å². The average Bonchev–Trinajstić information content (AvgIpc) is 3.09. The minimum Gasteiger partial charge on any atom is -0.320 e. The first kappa shape index (κ1) is 15.8. The number of hydrogen-bond acceptors (Lipinski definition) is 4. The number of benzene rings is 2. The molecule has 1 N–H and O–H groups in total. The molecule has 1 aliphatic rings. The van der Waals surface area contributed by atoms with E-state index in [-0.39, 0.29) is 5.91 Å². The summed E-state index contributed by atoms with van der Waals surface area (Å²) in [7, 11) is 1.96. The van der Waals surface area contributed by atoms with Crippen molar-refractivity contribution in [2.75, 3.05) is 5.32 Å². The van der Waals surface area contributed by atoms with E-state index in [1.54, 1.807) is 11.3 Å². The summed E-state index contributed by atoms with van der Waals surface area (Å²) in [6.45, 7) is 4.26. The van der Waals surface area contributed by atoms with Gasteiger partial charge in [-0.15, -0.1) is 10.2 Å². The lowest BCUT2D eigenvalue weighted by molar-refractivity contribution is -0.110. The van der Waals surface area contributed by atoms with Crippen LogP contribution in [-0.2, 0) is 11.8 Å². The minimum absolute atomic E-state index is 0.205. The molecule has 0 bridgehead atoms. The number of nitrogens with one attached hydrogen (secondary N) is 1. The van der Waals surface area contributed by atoms with E-state index in [9.17, 15) is 4.79 Å². The van der Waals surface area contributed by atoms with Crippen molar-refractivity contribution >= 4 is 38.9 Å². The molecule has 4 rings (SSSR count). The van der Waals surface area contributed by atoms with Crippen molar-refractivity contribution in [1.82, 2.24) is 4.57 Å². The number of carbonyl (C=O) groups is 1. The Bertz CT molecular complexity index is 1090. The largest absolute Gasteiger partial charge is 0.320 e. The van der Waals surface area contributed by atoms with E-state index >= 15 is 0 Å². The zero-order chi connectivity index (χ0) is 17.6. The highest BCUT2D eigenvalue weighted by atomic mass is 32.1. The monoisotopic (exact) mass is 350 g/mol. The second-order valence-electron chi connectivity index (χ2n) is 6.37. The molecule has 5 nitrogen and oxygen atoms in total. The van der Waals surface area contributed by atoms with Crippen molar-refractivity contribution < 1.29 is 4.79 Å². The van der Waals surface area contributed by atoms with Crippen LogP contribution in [0.2, 0.25) is 0 Å². The van der Waals surface area contributed by atoms with Gasteiger partial charge in [-0.25, -0.2) is 0 Å². The fourth-order valence-electron chi connectivity index (χ4n) is 2.90. The van der Waals surface area contributed by atoms with E-state index in [1.165, 1.54) is 5.56 Å². The lowest BCUT2D eigenvalue weighted by Gasteiger charge is -2.06. The number of amides is 1. The van der Waals surface area contributed by atoms with Gasteiger partial charge in [0, 0.05) is 12.6 Å². The molecule has 0 saturated heterocycles. The molecular formula is C19H18N4OS. The number of nitrogens with zero attached hydrogens (tertiary/aromatic N) is 3. The maximum Gasteiger partial charge on any atom is 0.276 e. The molecule has 1 amide bonds. The number of aryl methyl sites for hydroxylation is 1. The molecule has 25 heavy (non-hydrogen) atoms. The maximum absolute atomic E-state index is 12.3. The van der Waals surface area contributed by atoms with Gasteiger partial charge in [-0.2, -0.15) is 0 Å². The number of anilines is 1. The molecule has 126 valence electrons. The van der Waals surface area contributed by atoms with Crippen LogP contribution in [0.15, 0.2) is 52.7 Å². The lowest BCUT2D eigenvalue weighted by Crippen LogP contribution is -2.15. The molecule has 2 aromatic carbocycles. The van der Waals surface area contributed by atoms with Crippen LogP contribution in [0, 0.1) is 0 Å². The molecule has 0 fully saturated rings. The number of hydrogen-bond donors (Lipinski definition) is 1. The summed E-state index contributed by atoms with van der Waals surface area (Å²) < 4.78 is 3.13. The first-order valence-corrected chi connectivity index (χ1v) is 8.98. The van der Waals surface area contributed by atoms with Crippen LogP contribution >= 0.6 is 11.3 Å². The highest BCUT2D eigenvalue weighted by molar-refractivity contribution is 7.16. The molecule has 0 atom stereocenters. The molecule has 0 spiro atoms. The van der Waals surface area contributed by atoms with E-state index < -0.39 is 0 Å². The standard InChI is InChI=1S/C19H18N4OS/c1-11(2)12-8-9-14-13(10-12)17(18(24)20-14)21-22-19-23(3)15-6-4-5-7-16(15)25-19/h4-11H,1-3H3,(H,20,21,24)/b22-19+. The third-order valence-electron chi connectivity index (χ3n) is 4.38. The Kier molecular flexibility index (Phi) is 3.77. The number of para-hydroxylation sites is 1. The van der Waals surface area contributed by atoms with Gasteiger partial charge in [0.1, 0.15) is 0 Å². The molecule has 0 unspecified atom stereocenters. The van der Waals surface area contributed by atoms with Gasteiger partial charge in [-0.3, -0.25) is 4.79 Å². The fraction of sp³-hybridized carbons (Fsp3) is 0.211.